The smallest absolute Gasteiger partial charge is 0.140 e. The molecule has 2 heterocycles. The number of aromatic nitrogens is 2. The van der Waals surface area contributed by atoms with Gasteiger partial charge in [0.15, 0.2) is 0 Å². The van der Waals surface area contributed by atoms with Gasteiger partial charge in [0.2, 0.25) is 0 Å². The molecule has 0 saturated carbocycles. The van der Waals surface area contributed by atoms with Crippen LogP contribution in [0.4, 0.5) is 0 Å². The summed E-state index contributed by atoms with van der Waals surface area (Å²) < 4.78 is 7.88. The maximum atomic E-state index is 8.92. The summed E-state index contributed by atoms with van der Waals surface area (Å²) in [5.74, 6) is 0.834. The van der Waals surface area contributed by atoms with Gasteiger partial charge in [-0.25, -0.2) is 4.98 Å². The zero-order valence-electron chi connectivity index (χ0n) is 14.8. The fraction of sp³-hybridized carbons (Fsp3) is 0.350. The zero-order valence-corrected chi connectivity index (χ0v) is 14.8. The van der Waals surface area contributed by atoms with E-state index in [0.717, 1.165) is 35.6 Å². The Bertz CT molecular complexity index is 811. The molecule has 0 radical (unpaired) electrons. The third kappa shape index (κ3) is 4.59. The lowest BCUT2D eigenvalue weighted by atomic mass is 10.2. The molecule has 3 rings (SSSR count). The van der Waals surface area contributed by atoms with Gasteiger partial charge in [-0.05, 0) is 49.6 Å². The summed E-state index contributed by atoms with van der Waals surface area (Å²) in [6.45, 7) is 5.58. The number of hydrogen-bond acceptors (Lipinski definition) is 4. The van der Waals surface area contributed by atoms with E-state index >= 15 is 0 Å². The summed E-state index contributed by atoms with van der Waals surface area (Å²) in [6, 6.07) is 12.5. The Morgan fingerprint density at radius 3 is 2.76 bits per heavy atom. The first-order chi connectivity index (χ1) is 12.2. The molecule has 2 N–H and O–H groups in total. The summed E-state index contributed by atoms with van der Waals surface area (Å²) >= 11 is 0. The molecule has 3 aromatic rings. The highest BCUT2D eigenvalue weighted by Gasteiger charge is 2.05. The van der Waals surface area contributed by atoms with Gasteiger partial charge < -0.3 is 19.6 Å². The van der Waals surface area contributed by atoms with Crippen molar-refractivity contribution in [2.24, 2.45) is 0 Å². The van der Waals surface area contributed by atoms with Gasteiger partial charge in [-0.3, -0.25) is 0 Å². The topological polar surface area (TPSA) is 58.8 Å². The first-order valence-electron chi connectivity index (χ1n) is 8.65. The summed E-state index contributed by atoms with van der Waals surface area (Å²) in [5, 5.41) is 12.3. The lowest BCUT2D eigenvalue weighted by Crippen LogP contribution is -2.26. The van der Waals surface area contributed by atoms with E-state index in [1.165, 1.54) is 5.56 Å². The minimum Gasteiger partial charge on any atom is -0.487 e. The lowest BCUT2D eigenvalue weighted by Gasteiger charge is -2.12. The molecule has 132 valence electrons. The second-order valence-corrected chi connectivity index (χ2v) is 6.38. The van der Waals surface area contributed by atoms with E-state index in [2.05, 4.69) is 42.3 Å². The monoisotopic (exact) mass is 339 g/mol. The van der Waals surface area contributed by atoms with Crippen molar-refractivity contribution >= 4 is 5.65 Å². The van der Waals surface area contributed by atoms with Crippen LogP contribution < -0.4 is 10.1 Å². The molecule has 1 atom stereocenters. The van der Waals surface area contributed by atoms with Crippen LogP contribution in [0.1, 0.15) is 30.2 Å². The maximum absolute atomic E-state index is 8.92. The molecule has 0 spiro atoms. The van der Waals surface area contributed by atoms with Gasteiger partial charge in [-0.2, -0.15) is 0 Å². The number of nitrogens with zero attached hydrogens (tertiary/aromatic N) is 2. The van der Waals surface area contributed by atoms with Crippen LogP contribution >= 0.6 is 0 Å². The molecule has 5 nitrogen and oxygen atoms in total. The molecule has 2 aromatic heterocycles. The number of rotatable bonds is 8. The molecule has 0 saturated heterocycles. The Labute approximate surface area is 148 Å². The Kier molecular flexibility index (Phi) is 5.68. The van der Waals surface area contributed by atoms with Crippen LogP contribution in [0.25, 0.3) is 5.65 Å². The van der Waals surface area contributed by atoms with Crippen LogP contribution in [0.5, 0.6) is 5.75 Å². The van der Waals surface area contributed by atoms with Crippen molar-refractivity contribution in [1.82, 2.24) is 14.7 Å². The van der Waals surface area contributed by atoms with Gasteiger partial charge in [-0.1, -0.05) is 18.2 Å². The minimum atomic E-state index is 0.212. The van der Waals surface area contributed by atoms with Crippen LogP contribution in [0.2, 0.25) is 0 Å². The SMILES string of the molecule is Cc1cccn2cc(COc3ccc(CNC(C)CCO)cc3)nc12. The number of benzene rings is 1. The molecular formula is C20H25N3O2. The van der Waals surface area contributed by atoms with Crippen LogP contribution in [-0.4, -0.2) is 27.1 Å². The Morgan fingerprint density at radius 2 is 2.04 bits per heavy atom. The van der Waals surface area contributed by atoms with Gasteiger partial charge in [-0.15, -0.1) is 0 Å². The number of hydrogen-bond donors (Lipinski definition) is 2. The number of aryl methyl sites for hydroxylation is 1. The van der Waals surface area contributed by atoms with Crippen LogP contribution in [0.3, 0.4) is 0 Å². The zero-order chi connectivity index (χ0) is 17.6. The highest BCUT2D eigenvalue weighted by molar-refractivity contribution is 5.47. The minimum absolute atomic E-state index is 0.212. The van der Waals surface area contributed by atoms with Crippen LogP contribution in [-0.2, 0) is 13.2 Å². The van der Waals surface area contributed by atoms with E-state index in [1.807, 2.05) is 35.0 Å². The van der Waals surface area contributed by atoms with Gasteiger partial charge in [0.25, 0.3) is 0 Å². The predicted octanol–water partition coefficient (Wildman–Crippen LogP) is 3.08. The molecule has 0 aliphatic rings. The highest BCUT2D eigenvalue weighted by Crippen LogP contribution is 2.15. The fourth-order valence-corrected chi connectivity index (χ4v) is 2.72. The molecule has 1 unspecified atom stereocenters. The van der Waals surface area contributed by atoms with E-state index in [0.29, 0.717) is 12.6 Å². The van der Waals surface area contributed by atoms with E-state index in [-0.39, 0.29) is 6.61 Å². The molecular weight excluding hydrogens is 314 g/mol. The number of fused-ring (bicyclic) bond motifs is 1. The number of pyridine rings is 1. The Hall–Kier alpha value is -2.37. The first-order valence-corrected chi connectivity index (χ1v) is 8.65. The second-order valence-electron chi connectivity index (χ2n) is 6.38. The van der Waals surface area contributed by atoms with E-state index in [4.69, 9.17) is 9.84 Å². The van der Waals surface area contributed by atoms with Crippen LogP contribution in [0.15, 0.2) is 48.8 Å². The predicted molar refractivity (Wildman–Crippen MR) is 98.7 cm³/mol. The number of aliphatic hydroxyl groups excluding tert-OH is 1. The number of imidazole rings is 1. The average Bonchev–Trinajstić information content (AvgIpc) is 3.04. The largest absolute Gasteiger partial charge is 0.487 e. The molecule has 0 fully saturated rings. The summed E-state index contributed by atoms with van der Waals surface area (Å²) in [7, 11) is 0. The van der Waals surface area contributed by atoms with Crippen molar-refractivity contribution in [3.8, 4) is 5.75 Å². The van der Waals surface area contributed by atoms with Gasteiger partial charge in [0, 0.05) is 31.6 Å². The quantitative estimate of drug-likeness (QED) is 0.662. The summed E-state index contributed by atoms with van der Waals surface area (Å²) in [6.07, 6.45) is 4.77. The normalized spacial score (nSPS) is 12.4. The third-order valence-corrected chi connectivity index (χ3v) is 4.25. The third-order valence-electron chi connectivity index (χ3n) is 4.25. The second kappa shape index (κ2) is 8.14. The number of nitrogens with one attached hydrogen (secondary N) is 1. The molecule has 25 heavy (non-hydrogen) atoms. The standard InChI is InChI=1S/C20H25N3O2/c1-15-4-3-10-23-13-18(22-20(15)23)14-25-19-7-5-17(6-8-19)12-21-16(2)9-11-24/h3-8,10,13,16,21,24H,9,11-12,14H2,1-2H3. The van der Waals surface area contributed by atoms with Gasteiger partial charge in [0.05, 0.1) is 5.69 Å². The number of ether oxygens (including phenoxy) is 1. The van der Waals surface area contributed by atoms with Crippen molar-refractivity contribution in [3.05, 3.63) is 65.6 Å². The molecule has 0 amide bonds. The molecule has 0 aliphatic carbocycles. The Balaban J connectivity index is 1.55. The lowest BCUT2D eigenvalue weighted by molar-refractivity contribution is 0.268. The average molecular weight is 339 g/mol. The Morgan fingerprint density at radius 1 is 1.24 bits per heavy atom. The van der Waals surface area contributed by atoms with Crippen LogP contribution in [0, 0.1) is 6.92 Å². The van der Waals surface area contributed by atoms with Crippen molar-refractivity contribution in [2.75, 3.05) is 6.61 Å². The maximum Gasteiger partial charge on any atom is 0.140 e. The van der Waals surface area contributed by atoms with E-state index < -0.39 is 0 Å². The van der Waals surface area contributed by atoms with Crippen molar-refractivity contribution in [2.45, 2.75) is 39.5 Å². The van der Waals surface area contributed by atoms with Crippen molar-refractivity contribution in [1.29, 1.82) is 0 Å². The van der Waals surface area contributed by atoms with Gasteiger partial charge >= 0.3 is 0 Å². The highest BCUT2D eigenvalue weighted by atomic mass is 16.5. The van der Waals surface area contributed by atoms with Crippen molar-refractivity contribution in [3.63, 3.8) is 0 Å². The fourth-order valence-electron chi connectivity index (χ4n) is 2.72. The van der Waals surface area contributed by atoms with E-state index in [1.54, 1.807) is 0 Å². The van der Waals surface area contributed by atoms with E-state index in [9.17, 15) is 0 Å². The molecule has 0 aliphatic heterocycles. The summed E-state index contributed by atoms with van der Waals surface area (Å²) in [4.78, 5) is 4.62. The molecule has 0 bridgehead atoms. The summed E-state index contributed by atoms with van der Waals surface area (Å²) in [5.41, 5.74) is 4.24. The van der Waals surface area contributed by atoms with Crippen molar-refractivity contribution < 1.29 is 9.84 Å². The molecule has 5 heteroatoms. The van der Waals surface area contributed by atoms with Gasteiger partial charge in [0.1, 0.15) is 18.0 Å². The molecule has 1 aromatic carbocycles. The number of aliphatic hydroxyl groups is 1. The first kappa shape index (κ1) is 17.5.